The highest BCUT2D eigenvalue weighted by molar-refractivity contribution is 7.90. The van der Waals surface area contributed by atoms with E-state index in [9.17, 15) is 31.2 Å². The molecular formula is C20H21F3N2O6S. The first-order valence-electron chi connectivity index (χ1n) is 9.61. The van der Waals surface area contributed by atoms with E-state index in [1.165, 1.54) is 46.0 Å². The third-order valence-corrected chi connectivity index (χ3v) is 5.92. The van der Waals surface area contributed by atoms with Crippen LogP contribution in [-0.4, -0.2) is 62.2 Å². The van der Waals surface area contributed by atoms with Crippen molar-refractivity contribution in [3.63, 3.8) is 0 Å². The van der Waals surface area contributed by atoms with Crippen molar-refractivity contribution in [2.45, 2.75) is 30.0 Å². The highest BCUT2D eigenvalue weighted by Crippen LogP contribution is 2.20. The Balaban J connectivity index is 1.58. The van der Waals surface area contributed by atoms with Gasteiger partial charge in [0.25, 0.3) is 5.56 Å². The number of hydrogen-bond acceptors (Lipinski definition) is 6. The van der Waals surface area contributed by atoms with Crippen LogP contribution in [0, 0.1) is 0 Å². The maximum absolute atomic E-state index is 12.5. The topological polar surface area (TPSA) is 94.9 Å². The zero-order chi connectivity index (χ0) is 23.5. The lowest BCUT2D eigenvalue weighted by molar-refractivity contribution is -0.162. The number of hydrogen-bond donors (Lipinski definition) is 0. The van der Waals surface area contributed by atoms with Crippen molar-refractivity contribution in [2.24, 2.45) is 0 Å². The number of carbonyl (C=O) groups is 1. The zero-order valence-electron chi connectivity index (χ0n) is 17.0. The molecule has 0 radical (unpaired) electrons. The van der Waals surface area contributed by atoms with Gasteiger partial charge in [-0.05, 0) is 30.3 Å². The lowest BCUT2D eigenvalue weighted by Crippen LogP contribution is -2.42. The third-order valence-electron chi connectivity index (χ3n) is 4.80. The van der Waals surface area contributed by atoms with Crippen molar-refractivity contribution >= 4 is 15.9 Å². The third kappa shape index (κ3) is 6.25. The van der Waals surface area contributed by atoms with Crippen LogP contribution in [0.5, 0.6) is 5.75 Å². The molecule has 1 aliphatic rings. The van der Waals surface area contributed by atoms with Crippen molar-refractivity contribution in [3.8, 4) is 11.4 Å². The lowest BCUT2D eigenvalue weighted by atomic mass is 10.1. The Hall–Kier alpha value is -3.02. The van der Waals surface area contributed by atoms with Crippen molar-refractivity contribution in [1.29, 1.82) is 0 Å². The predicted molar refractivity (Wildman–Crippen MR) is 108 cm³/mol. The Morgan fingerprint density at radius 2 is 1.75 bits per heavy atom. The molecule has 1 amide bonds. The number of pyridine rings is 1. The van der Waals surface area contributed by atoms with Crippen molar-refractivity contribution in [2.75, 3.05) is 26.0 Å². The fraction of sp³-hybridized carbons (Fsp3) is 0.400. The van der Waals surface area contributed by atoms with Crippen LogP contribution in [0.3, 0.4) is 0 Å². The summed E-state index contributed by atoms with van der Waals surface area (Å²) in [5.41, 5.74) is 0.0994. The van der Waals surface area contributed by atoms with Gasteiger partial charge in [0.1, 0.15) is 11.9 Å². The maximum Gasteiger partial charge on any atom is 0.422 e. The highest BCUT2D eigenvalue weighted by atomic mass is 32.2. The van der Waals surface area contributed by atoms with Gasteiger partial charge in [0.15, 0.2) is 16.4 Å². The molecule has 8 nitrogen and oxygen atoms in total. The number of piperidine rings is 1. The molecule has 0 bridgehead atoms. The Kier molecular flexibility index (Phi) is 6.82. The number of alkyl halides is 3. The molecule has 12 heteroatoms. The number of rotatable bonds is 5. The number of halogens is 3. The summed E-state index contributed by atoms with van der Waals surface area (Å²) in [6.45, 7) is -1.29. The molecule has 1 aromatic heterocycles. The molecular weight excluding hydrogens is 453 g/mol. The standard InChI is InChI=1S/C20H21F3N2O6S/c1-32(28,29)17-4-2-14(3-5-17)25-11-8-16(12-18(25)26)31-15-6-9-24(10-7-15)19(27)30-13-20(21,22)23/h2-5,8,11-12,15H,6-7,9-10,13H2,1H3. The van der Waals surface area contributed by atoms with Crippen LogP contribution in [0.2, 0.25) is 0 Å². The average Bonchev–Trinajstić information content (AvgIpc) is 2.72. The first-order valence-corrected chi connectivity index (χ1v) is 11.5. The van der Waals surface area contributed by atoms with Gasteiger partial charge in [-0.1, -0.05) is 0 Å². The van der Waals surface area contributed by atoms with Gasteiger partial charge in [0.05, 0.1) is 4.90 Å². The number of ether oxygens (including phenoxy) is 2. The summed E-state index contributed by atoms with van der Waals surface area (Å²) in [4.78, 5) is 25.5. The van der Waals surface area contributed by atoms with Gasteiger partial charge in [-0.15, -0.1) is 0 Å². The minimum absolute atomic E-state index is 0.142. The summed E-state index contributed by atoms with van der Waals surface area (Å²) >= 11 is 0. The second kappa shape index (κ2) is 9.23. The Morgan fingerprint density at radius 1 is 1.12 bits per heavy atom. The highest BCUT2D eigenvalue weighted by Gasteiger charge is 2.32. The van der Waals surface area contributed by atoms with E-state index in [4.69, 9.17) is 4.74 Å². The predicted octanol–water partition coefficient (Wildman–Crippen LogP) is 2.78. The first-order chi connectivity index (χ1) is 14.9. The monoisotopic (exact) mass is 474 g/mol. The Morgan fingerprint density at radius 3 is 2.28 bits per heavy atom. The molecule has 2 heterocycles. The number of amides is 1. The molecule has 3 rings (SSSR count). The Bertz CT molecular complexity index is 1120. The van der Waals surface area contributed by atoms with Gasteiger partial charge >= 0.3 is 12.3 Å². The number of nitrogens with zero attached hydrogens (tertiary/aromatic N) is 2. The molecule has 1 aromatic carbocycles. The van der Waals surface area contributed by atoms with Crippen molar-refractivity contribution < 1.29 is 35.9 Å². The van der Waals surface area contributed by atoms with Crippen LogP contribution < -0.4 is 10.3 Å². The number of benzene rings is 1. The molecule has 0 atom stereocenters. The second-order valence-corrected chi connectivity index (χ2v) is 9.33. The van der Waals surface area contributed by atoms with Crippen LogP contribution in [0.4, 0.5) is 18.0 Å². The second-order valence-electron chi connectivity index (χ2n) is 7.31. The SMILES string of the molecule is CS(=O)(=O)c1ccc(-n2ccc(OC3CCN(C(=O)OCC(F)(F)F)CC3)cc2=O)cc1. The first kappa shape index (κ1) is 23.6. The molecule has 174 valence electrons. The summed E-state index contributed by atoms with van der Waals surface area (Å²) in [5, 5.41) is 0. The van der Waals surface area contributed by atoms with Gasteiger partial charge in [-0.3, -0.25) is 9.36 Å². The molecule has 0 aliphatic carbocycles. The van der Waals surface area contributed by atoms with E-state index >= 15 is 0 Å². The van der Waals surface area contributed by atoms with E-state index in [-0.39, 0.29) is 29.6 Å². The normalized spacial score (nSPS) is 15.4. The zero-order valence-corrected chi connectivity index (χ0v) is 17.9. The van der Waals surface area contributed by atoms with Gasteiger partial charge in [0, 0.05) is 50.1 Å². The lowest BCUT2D eigenvalue weighted by Gasteiger charge is -2.31. The molecule has 0 saturated carbocycles. The van der Waals surface area contributed by atoms with E-state index < -0.39 is 28.7 Å². The Labute approximate surface area is 182 Å². The van der Waals surface area contributed by atoms with Crippen LogP contribution in [-0.2, 0) is 14.6 Å². The van der Waals surface area contributed by atoms with E-state index in [2.05, 4.69) is 4.74 Å². The fourth-order valence-corrected chi connectivity index (χ4v) is 3.82. The van der Waals surface area contributed by atoms with Gasteiger partial charge in [0.2, 0.25) is 0 Å². The summed E-state index contributed by atoms with van der Waals surface area (Å²) in [7, 11) is -3.34. The maximum atomic E-state index is 12.5. The number of sulfone groups is 1. The van der Waals surface area contributed by atoms with E-state index in [0.717, 1.165) is 6.26 Å². The van der Waals surface area contributed by atoms with Crippen LogP contribution >= 0.6 is 0 Å². The average molecular weight is 474 g/mol. The van der Waals surface area contributed by atoms with Crippen molar-refractivity contribution in [1.82, 2.24) is 9.47 Å². The van der Waals surface area contributed by atoms with E-state index in [0.29, 0.717) is 24.3 Å². The summed E-state index contributed by atoms with van der Waals surface area (Å²) in [6, 6.07) is 8.73. The molecule has 2 aromatic rings. The molecule has 1 fully saturated rings. The van der Waals surface area contributed by atoms with Gasteiger partial charge in [-0.25, -0.2) is 13.2 Å². The molecule has 0 spiro atoms. The van der Waals surface area contributed by atoms with Crippen LogP contribution in [0.25, 0.3) is 5.69 Å². The summed E-state index contributed by atoms with van der Waals surface area (Å²) < 4.78 is 70.9. The number of carbonyl (C=O) groups excluding carboxylic acids is 1. The molecule has 1 aliphatic heterocycles. The van der Waals surface area contributed by atoms with Crippen LogP contribution in [0.15, 0.2) is 52.3 Å². The largest absolute Gasteiger partial charge is 0.490 e. The summed E-state index contributed by atoms with van der Waals surface area (Å²) in [6.07, 6.45) is -2.58. The molecule has 32 heavy (non-hydrogen) atoms. The fourth-order valence-electron chi connectivity index (χ4n) is 3.18. The minimum Gasteiger partial charge on any atom is -0.490 e. The number of likely N-dealkylation sites (tertiary alicyclic amines) is 1. The molecule has 0 unspecified atom stereocenters. The van der Waals surface area contributed by atoms with Gasteiger partial charge in [-0.2, -0.15) is 13.2 Å². The van der Waals surface area contributed by atoms with Gasteiger partial charge < -0.3 is 14.4 Å². The molecule has 0 N–H and O–H groups in total. The van der Waals surface area contributed by atoms with Crippen molar-refractivity contribution in [3.05, 3.63) is 52.9 Å². The van der Waals surface area contributed by atoms with Crippen LogP contribution in [0.1, 0.15) is 12.8 Å². The molecule has 1 saturated heterocycles. The summed E-state index contributed by atoms with van der Waals surface area (Å²) in [5.74, 6) is 0.317. The minimum atomic E-state index is -4.58. The number of aromatic nitrogens is 1. The quantitative estimate of drug-likeness (QED) is 0.662. The van der Waals surface area contributed by atoms with E-state index in [1.54, 1.807) is 6.07 Å². The smallest absolute Gasteiger partial charge is 0.422 e. The van der Waals surface area contributed by atoms with E-state index in [1.807, 2.05) is 0 Å².